The summed E-state index contributed by atoms with van der Waals surface area (Å²) in [5, 5.41) is 2.15. The zero-order chi connectivity index (χ0) is 21.8. The van der Waals surface area contributed by atoms with Crippen LogP contribution >= 0.6 is 12.4 Å². The molecule has 1 fully saturated rings. The molecular weight excluding hydrogens is 516 g/mol. The van der Waals surface area contributed by atoms with Gasteiger partial charge >= 0.3 is 59.1 Å². The van der Waals surface area contributed by atoms with Gasteiger partial charge in [0, 0.05) is 23.0 Å². The first-order valence-electron chi connectivity index (χ1n) is 8.76. The van der Waals surface area contributed by atoms with Gasteiger partial charge in [-0.25, -0.2) is 0 Å². The average molecular weight is 536 g/mol. The van der Waals surface area contributed by atoms with E-state index in [-0.39, 0.29) is 103 Å². The van der Waals surface area contributed by atoms with Gasteiger partial charge in [0.05, 0.1) is 11.4 Å². The summed E-state index contributed by atoms with van der Waals surface area (Å²) < 4.78 is 68.4. The molecule has 1 aliphatic carbocycles. The fraction of sp³-hybridized carbons (Fsp3) is 0.167. The number of hydrogen-bond donors (Lipinski definition) is 4. The third kappa shape index (κ3) is 6.33. The number of carbonyl (C=O) groups excluding carboxylic acids is 1. The van der Waals surface area contributed by atoms with Gasteiger partial charge in [-0.15, -0.1) is 12.4 Å². The molecule has 1 aliphatic rings. The van der Waals surface area contributed by atoms with Gasteiger partial charge in [0.2, 0.25) is 0 Å². The Kier molecular flexibility index (Phi) is 10.1. The van der Waals surface area contributed by atoms with Gasteiger partial charge in [-0.1, -0.05) is 18.2 Å². The first-order chi connectivity index (χ1) is 14.0. The Morgan fingerprint density at radius 3 is 2.21 bits per heavy atom. The van der Waals surface area contributed by atoms with Crippen molar-refractivity contribution in [3.8, 4) is 0 Å². The molecule has 3 aromatic rings. The Morgan fingerprint density at radius 1 is 1.03 bits per heavy atom. The summed E-state index contributed by atoms with van der Waals surface area (Å²) in [6, 6.07) is 7.53. The van der Waals surface area contributed by atoms with Gasteiger partial charge in [-0.2, -0.15) is 16.8 Å². The van der Waals surface area contributed by atoms with Crippen molar-refractivity contribution < 1.29 is 92.7 Å². The van der Waals surface area contributed by atoms with Crippen molar-refractivity contribution >= 4 is 60.7 Å². The Balaban J connectivity index is 0. The SMILES string of the molecule is Cl.Nc1cc(C(=O)Nc2ccc3c(S(=O)(=O)O)cccc3c2S(=O)(=O)O)n(C2CC2)c1.[H-].[H-].[Na+].[Na+]. The number of nitrogen functional groups attached to an aromatic ring is 1. The number of nitrogens with two attached hydrogens (primary N) is 1. The average Bonchev–Trinajstić information content (AvgIpc) is 3.40. The zero-order valence-electron chi connectivity index (χ0n) is 19.7. The van der Waals surface area contributed by atoms with Gasteiger partial charge < -0.3 is 18.5 Å². The number of benzene rings is 2. The van der Waals surface area contributed by atoms with Crippen LogP contribution in [0.2, 0.25) is 0 Å². The normalized spacial score (nSPS) is 13.4. The Labute approximate surface area is 243 Å². The molecule has 1 saturated carbocycles. The Bertz CT molecular complexity index is 1430. The summed E-state index contributed by atoms with van der Waals surface area (Å²) in [4.78, 5) is 11.6. The maximum atomic E-state index is 12.8. The Morgan fingerprint density at radius 2 is 1.67 bits per heavy atom. The van der Waals surface area contributed by atoms with Crippen molar-refractivity contribution in [3.63, 3.8) is 0 Å². The fourth-order valence-electron chi connectivity index (χ4n) is 3.43. The molecule has 1 amide bonds. The topological polar surface area (TPSA) is 169 Å². The van der Waals surface area contributed by atoms with Crippen molar-refractivity contribution in [2.45, 2.75) is 28.7 Å². The van der Waals surface area contributed by atoms with Crippen LogP contribution in [0, 0.1) is 0 Å². The van der Waals surface area contributed by atoms with Crippen LogP contribution in [0.1, 0.15) is 32.2 Å². The third-order valence-electron chi connectivity index (χ3n) is 4.80. The van der Waals surface area contributed by atoms with Gasteiger partial charge in [0.25, 0.3) is 26.1 Å². The van der Waals surface area contributed by atoms with Crippen molar-refractivity contribution in [1.82, 2.24) is 4.57 Å². The molecule has 0 saturated heterocycles. The number of amides is 1. The molecule has 1 aromatic heterocycles. The van der Waals surface area contributed by atoms with Crippen LogP contribution in [-0.4, -0.2) is 36.4 Å². The molecule has 0 unspecified atom stereocenters. The minimum Gasteiger partial charge on any atom is -1.00 e. The molecule has 1 heterocycles. The summed E-state index contributed by atoms with van der Waals surface area (Å²) in [7, 11) is -9.54. The molecule has 15 heteroatoms. The van der Waals surface area contributed by atoms with E-state index < -0.39 is 35.9 Å². The maximum Gasteiger partial charge on any atom is 1.00 e. The van der Waals surface area contributed by atoms with Gasteiger partial charge in [-0.3, -0.25) is 13.9 Å². The van der Waals surface area contributed by atoms with Gasteiger partial charge in [0.1, 0.15) is 15.5 Å². The molecule has 4 rings (SSSR count). The van der Waals surface area contributed by atoms with Crippen molar-refractivity contribution in [1.29, 1.82) is 0 Å². The largest absolute Gasteiger partial charge is 1.00 e. The third-order valence-corrected chi connectivity index (χ3v) is 6.67. The van der Waals surface area contributed by atoms with Crippen molar-refractivity contribution in [2.75, 3.05) is 11.1 Å². The smallest absolute Gasteiger partial charge is 1.00 e. The summed E-state index contributed by atoms with van der Waals surface area (Å²) in [6.07, 6.45) is 3.40. The second-order valence-corrected chi connectivity index (χ2v) is 9.74. The first-order valence-corrected chi connectivity index (χ1v) is 11.6. The van der Waals surface area contributed by atoms with E-state index in [1.165, 1.54) is 24.3 Å². The maximum absolute atomic E-state index is 12.8. The summed E-state index contributed by atoms with van der Waals surface area (Å²) >= 11 is 0. The number of anilines is 2. The minimum absolute atomic E-state index is 0. The van der Waals surface area contributed by atoms with E-state index in [2.05, 4.69) is 5.32 Å². The molecule has 0 spiro atoms. The van der Waals surface area contributed by atoms with E-state index in [0.717, 1.165) is 25.0 Å². The number of nitrogens with one attached hydrogen (secondary N) is 1. The second kappa shape index (κ2) is 11.0. The summed E-state index contributed by atoms with van der Waals surface area (Å²) in [5.41, 5.74) is 6.14. The van der Waals surface area contributed by atoms with E-state index in [0.29, 0.717) is 5.69 Å². The molecule has 170 valence electrons. The number of nitrogens with zero attached hydrogens (tertiary/aromatic N) is 1. The number of halogens is 1. The molecule has 33 heavy (non-hydrogen) atoms. The number of carbonyl (C=O) groups is 1. The summed E-state index contributed by atoms with van der Waals surface area (Å²) in [6.45, 7) is 0. The van der Waals surface area contributed by atoms with Crippen LogP contribution in [0.25, 0.3) is 10.8 Å². The van der Waals surface area contributed by atoms with E-state index in [4.69, 9.17) is 5.73 Å². The number of rotatable bonds is 5. The van der Waals surface area contributed by atoms with Gasteiger partial charge in [-0.05, 0) is 31.0 Å². The number of aromatic nitrogens is 1. The molecule has 0 radical (unpaired) electrons. The van der Waals surface area contributed by atoms with E-state index in [1.807, 2.05) is 0 Å². The predicted molar refractivity (Wildman–Crippen MR) is 118 cm³/mol. The van der Waals surface area contributed by atoms with Crippen molar-refractivity contribution in [3.05, 3.63) is 48.3 Å². The second-order valence-electron chi connectivity index (χ2n) is 6.99. The summed E-state index contributed by atoms with van der Waals surface area (Å²) in [5.74, 6) is -0.645. The molecule has 0 bridgehead atoms. The van der Waals surface area contributed by atoms with E-state index in [1.54, 1.807) is 10.8 Å². The predicted octanol–water partition coefficient (Wildman–Crippen LogP) is -3.04. The first kappa shape index (κ1) is 30.4. The quantitative estimate of drug-likeness (QED) is 0.197. The standard InChI is InChI=1S/C18H17N3O7S2.ClH.2Na.2H/c19-10-8-15(21(9-10)11-4-5-11)18(22)20-14-7-6-12-13(17(14)30(26,27)28)2-1-3-16(12)29(23,24)25;;;;;/h1-3,6-9,11H,4-5,19H2,(H,20,22)(H,23,24,25)(H,26,27,28);1H;;;;/q;;2*+1;2*-1. The molecule has 2 aromatic carbocycles. The fourth-order valence-corrected chi connectivity index (χ4v) is 4.99. The van der Waals surface area contributed by atoms with Crippen LogP contribution in [0.4, 0.5) is 11.4 Å². The van der Waals surface area contributed by atoms with E-state index in [9.17, 15) is 30.7 Å². The molecular formula is C18H20ClN3Na2O7S2. The van der Waals surface area contributed by atoms with Crippen LogP contribution in [-0.2, 0) is 20.2 Å². The molecule has 0 atom stereocenters. The minimum atomic E-state index is -4.88. The Hall–Kier alpha value is -0.640. The van der Waals surface area contributed by atoms with Crippen molar-refractivity contribution in [2.24, 2.45) is 0 Å². The van der Waals surface area contributed by atoms with E-state index >= 15 is 0 Å². The van der Waals surface area contributed by atoms with Crippen LogP contribution in [0.15, 0.2) is 52.4 Å². The number of hydrogen-bond acceptors (Lipinski definition) is 6. The van der Waals surface area contributed by atoms with Crippen LogP contribution in [0.3, 0.4) is 0 Å². The van der Waals surface area contributed by atoms with Crippen LogP contribution < -0.4 is 70.2 Å². The molecule has 0 aliphatic heterocycles. The molecule has 5 N–H and O–H groups in total. The van der Waals surface area contributed by atoms with Crippen LogP contribution in [0.5, 0.6) is 0 Å². The van der Waals surface area contributed by atoms with Gasteiger partial charge in [0.15, 0.2) is 0 Å². The molecule has 10 nitrogen and oxygen atoms in total. The monoisotopic (exact) mass is 535 g/mol. The number of fused-ring (bicyclic) bond motifs is 1. The zero-order valence-corrected chi connectivity index (χ0v) is 24.2.